The van der Waals surface area contributed by atoms with Crippen LogP contribution in [0.1, 0.15) is 49.7 Å². The number of carbonyl (C=O) groups excluding carboxylic acids is 1. The molecule has 2 aromatic heterocycles. The fraction of sp³-hybridized carbons (Fsp3) is 0.310. The Balaban J connectivity index is 0.00000186. The Bertz CT molecular complexity index is 1210. The van der Waals surface area contributed by atoms with E-state index in [1.807, 2.05) is 62.6 Å². The van der Waals surface area contributed by atoms with Crippen LogP contribution in [0.4, 0.5) is 4.79 Å². The van der Waals surface area contributed by atoms with Crippen LogP contribution in [0.25, 0.3) is 17.0 Å². The van der Waals surface area contributed by atoms with Crippen LogP contribution in [0.3, 0.4) is 0 Å². The molecule has 0 radical (unpaired) electrons. The number of allylic oxidation sites excluding steroid dienone is 4. The van der Waals surface area contributed by atoms with E-state index < -0.39 is 0 Å². The quantitative estimate of drug-likeness (QED) is 0.199. The molecule has 0 atom stereocenters. The van der Waals surface area contributed by atoms with Gasteiger partial charge in [0.15, 0.2) is 5.16 Å². The molecular formula is C29H35N5O2S. The van der Waals surface area contributed by atoms with E-state index in [-0.39, 0.29) is 18.6 Å². The number of amides is 1. The highest BCUT2D eigenvalue weighted by Crippen LogP contribution is 2.33. The van der Waals surface area contributed by atoms with Gasteiger partial charge in [-0.1, -0.05) is 87.3 Å². The number of hydrogen-bond acceptors (Lipinski definition) is 6. The first-order valence-electron chi connectivity index (χ1n) is 12.5. The first-order valence-corrected chi connectivity index (χ1v) is 13.7. The number of aromatic nitrogens is 4. The van der Waals surface area contributed by atoms with Gasteiger partial charge in [0.1, 0.15) is 12.4 Å². The van der Waals surface area contributed by atoms with Gasteiger partial charge >= 0.3 is 6.09 Å². The fourth-order valence-corrected chi connectivity index (χ4v) is 4.43. The van der Waals surface area contributed by atoms with E-state index in [1.165, 1.54) is 11.8 Å². The van der Waals surface area contributed by atoms with Crippen LogP contribution >= 0.6 is 11.8 Å². The van der Waals surface area contributed by atoms with Gasteiger partial charge in [-0.3, -0.25) is 0 Å². The summed E-state index contributed by atoms with van der Waals surface area (Å²) in [5.41, 5.74) is 4.23. The van der Waals surface area contributed by atoms with E-state index in [0.717, 1.165) is 46.9 Å². The third-order valence-electron chi connectivity index (χ3n) is 5.93. The minimum Gasteiger partial charge on any atom is -0.445 e. The van der Waals surface area contributed by atoms with E-state index in [0.29, 0.717) is 18.2 Å². The topological polar surface area (TPSA) is 84.0 Å². The van der Waals surface area contributed by atoms with Crippen LogP contribution in [0.2, 0.25) is 0 Å². The van der Waals surface area contributed by atoms with E-state index in [2.05, 4.69) is 28.1 Å². The molecule has 1 fully saturated rings. The number of nitrogens with zero attached hydrogens (tertiary/aromatic N) is 4. The second-order valence-corrected chi connectivity index (χ2v) is 8.91. The van der Waals surface area contributed by atoms with Crippen molar-refractivity contribution in [1.29, 1.82) is 0 Å². The number of nitrogens with one attached hydrogen (secondary N) is 1. The van der Waals surface area contributed by atoms with Crippen LogP contribution in [0.5, 0.6) is 0 Å². The van der Waals surface area contributed by atoms with Crippen molar-refractivity contribution in [2.24, 2.45) is 0 Å². The maximum Gasteiger partial charge on any atom is 0.410 e. The first kappa shape index (κ1) is 27.9. The Kier molecular flexibility index (Phi) is 10.7. The summed E-state index contributed by atoms with van der Waals surface area (Å²) in [4.78, 5) is 31.7. The second-order valence-electron chi connectivity index (χ2n) is 8.14. The molecule has 194 valence electrons. The molecule has 0 spiro atoms. The van der Waals surface area contributed by atoms with Crippen molar-refractivity contribution in [2.75, 3.05) is 19.3 Å². The fourth-order valence-electron chi connectivity index (χ4n) is 4.07. The smallest absolute Gasteiger partial charge is 0.410 e. The van der Waals surface area contributed by atoms with Crippen molar-refractivity contribution in [1.82, 2.24) is 24.8 Å². The number of carbonyl (C=O) groups is 1. The number of likely N-dealkylation sites (tertiary alicyclic amines) is 1. The molecule has 1 aliphatic rings. The number of imidazole rings is 1. The zero-order chi connectivity index (χ0) is 26.6. The van der Waals surface area contributed by atoms with Crippen molar-refractivity contribution in [3.8, 4) is 11.4 Å². The summed E-state index contributed by atoms with van der Waals surface area (Å²) in [6.45, 7) is 13.3. The third-order valence-corrected chi connectivity index (χ3v) is 6.49. The molecular weight excluding hydrogens is 482 g/mol. The molecule has 1 amide bonds. The molecule has 0 aliphatic carbocycles. The number of hydrogen-bond donors (Lipinski definition) is 1. The molecule has 3 heterocycles. The Morgan fingerprint density at radius 2 is 1.89 bits per heavy atom. The molecule has 8 heteroatoms. The van der Waals surface area contributed by atoms with Gasteiger partial charge < -0.3 is 14.6 Å². The average Bonchev–Trinajstić information content (AvgIpc) is 3.41. The number of aromatic amines is 1. The summed E-state index contributed by atoms with van der Waals surface area (Å²) in [5.74, 6) is 1.07. The first-order chi connectivity index (χ1) is 18.1. The van der Waals surface area contributed by atoms with Gasteiger partial charge in [-0.15, -0.1) is 0 Å². The summed E-state index contributed by atoms with van der Waals surface area (Å²) in [6.07, 6.45) is 10.4. The molecule has 0 saturated carbocycles. The summed E-state index contributed by atoms with van der Waals surface area (Å²) >= 11 is 1.49. The van der Waals surface area contributed by atoms with Crippen LogP contribution in [-0.4, -0.2) is 50.3 Å². The third kappa shape index (κ3) is 7.20. The van der Waals surface area contributed by atoms with E-state index >= 15 is 0 Å². The lowest BCUT2D eigenvalue weighted by Gasteiger charge is -2.30. The van der Waals surface area contributed by atoms with Crippen LogP contribution in [0, 0.1) is 0 Å². The number of H-pyrrole nitrogens is 1. The summed E-state index contributed by atoms with van der Waals surface area (Å²) in [7, 11) is 0. The minimum absolute atomic E-state index is 0.192. The molecule has 1 aromatic carbocycles. The van der Waals surface area contributed by atoms with E-state index in [4.69, 9.17) is 9.72 Å². The summed E-state index contributed by atoms with van der Waals surface area (Å²) < 4.78 is 5.50. The van der Waals surface area contributed by atoms with Crippen molar-refractivity contribution in [3.05, 3.63) is 91.1 Å². The molecule has 1 aliphatic heterocycles. The Morgan fingerprint density at radius 1 is 1.16 bits per heavy atom. The standard InChI is InChI=1S/C27H29N5O2S.C2H6/c1-4-9-20(5-2)23-24(22-12-15-28-26(29-22)35-3)31-25(30-23)21-13-16-32(17-14-21)27(33)34-18-19-10-7-6-8-11-19;1-2/h4-12,15,21H,1-2,13-14,16-18H2,3H3,(H,30,31);1-2H3/b20-9+;. The predicted molar refractivity (Wildman–Crippen MR) is 151 cm³/mol. The zero-order valence-electron chi connectivity index (χ0n) is 21.8. The average molecular weight is 518 g/mol. The monoisotopic (exact) mass is 517 g/mol. The second kappa shape index (κ2) is 14.2. The normalized spacial score (nSPS) is 13.9. The van der Waals surface area contributed by atoms with Crippen molar-refractivity contribution in [3.63, 3.8) is 0 Å². The molecule has 1 N–H and O–H groups in total. The number of benzene rings is 1. The number of ether oxygens (including phenoxy) is 1. The minimum atomic E-state index is -0.276. The van der Waals surface area contributed by atoms with Crippen LogP contribution in [-0.2, 0) is 11.3 Å². The van der Waals surface area contributed by atoms with Gasteiger partial charge in [0, 0.05) is 30.8 Å². The van der Waals surface area contributed by atoms with Gasteiger partial charge in [-0.25, -0.2) is 19.7 Å². The molecule has 0 unspecified atom stereocenters. The Morgan fingerprint density at radius 3 is 2.54 bits per heavy atom. The molecule has 0 bridgehead atoms. The highest BCUT2D eigenvalue weighted by molar-refractivity contribution is 7.98. The number of rotatable bonds is 8. The predicted octanol–water partition coefficient (Wildman–Crippen LogP) is 6.89. The SMILES string of the molecule is C=C/C=C(\C=C)c1nc(C2CCN(C(=O)OCc3ccccc3)CC2)[nH]c1-c1ccnc(SC)n1.CC. The van der Waals surface area contributed by atoms with Gasteiger partial charge in [0.2, 0.25) is 0 Å². The van der Waals surface area contributed by atoms with Gasteiger partial charge in [-0.2, -0.15) is 0 Å². The maximum absolute atomic E-state index is 12.6. The van der Waals surface area contributed by atoms with Crippen molar-refractivity contribution in [2.45, 2.75) is 44.4 Å². The largest absolute Gasteiger partial charge is 0.445 e. The Hall–Kier alpha value is -3.65. The number of thioether (sulfide) groups is 1. The van der Waals surface area contributed by atoms with Crippen LogP contribution in [0.15, 0.2) is 79.1 Å². The molecule has 3 aromatic rings. The van der Waals surface area contributed by atoms with E-state index in [1.54, 1.807) is 23.2 Å². The maximum atomic E-state index is 12.6. The lowest BCUT2D eigenvalue weighted by molar-refractivity contribution is 0.0866. The molecule has 7 nitrogen and oxygen atoms in total. The Labute approximate surface area is 223 Å². The molecule has 1 saturated heterocycles. The lowest BCUT2D eigenvalue weighted by Crippen LogP contribution is -2.38. The van der Waals surface area contributed by atoms with Gasteiger partial charge in [0.05, 0.1) is 17.1 Å². The molecule has 4 rings (SSSR count). The number of piperidine rings is 1. The van der Waals surface area contributed by atoms with Gasteiger partial charge in [0.25, 0.3) is 0 Å². The highest BCUT2D eigenvalue weighted by Gasteiger charge is 2.28. The summed E-state index contributed by atoms with van der Waals surface area (Å²) in [6, 6.07) is 11.6. The van der Waals surface area contributed by atoms with Crippen LogP contribution < -0.4 is 0 Å². The van der Waals surface area contributed by atoms with Gasteiger partial charge in [-0.05, 0) is 30.7 Å². The highest BCUT2D eigenvalue weighted by atomic mass is 32.2. The summed E-state index contributed by atoms with van der Waals surface area (Å²) in [5, 5.41) is 0.694. The lowest BCUT2D eigenvalue weighted by atomic mass is 9.96. The molecule has 37 heavy (non-hydrogen) atoms. The van der Waals surface area contributed by atoms with E-state index in [9.17, 15) is 4.79 Å². The van der Waals surface area contributed by atoms with Crippen molar-refractivity contribution < 1.29 is 9.53 Å². The zero-order valence-corrected chi connectivity index (χ0v) is 22.6. The van der Waals surface area contributed by atoms with Crippen molar-refractivity contribution >= 4 is 23.4 Å².